The number of sulfonamides is 1. The maximum Gasteiger partial charge on any atom is 0.251 e. The number of nitrogens with zero attached hydrogens (tertiary/aromatic N) is 1. The second-order valence-electron chi connectivity index (χ2n) is 4.26. The molecule has 102 valence electrons. The molecule has 0 aliphatic carbocycles. The van der Waals surface area contributed by atoms with E-state index in [2.05, 4.69) is 9.71 Å². The Bertz CT molecular complexity index is 509. The molecule has 8 heteroatoms. The Morgan fingerprint density at radius 2 is 2.39 bits per heavy atom. The molecule has 5 nitrogen and oxygen atoms in total. The highest BCUT2D eigenvalue weighted by Crippen LogP contribution is 2.26. The SMILES string of the molecule is Cc1nc(Cl)sc1S(=O)(=O)NCCC1CCOC1. The molecule has 2 rings (SSSR count). The topological polar surface area (TPSA) is 68.3 Å². The van der Waals surface area contributed by atoms with E-state index in [0.717, 1.165) is 37.4 Å². The summed E-state index contributed by atoms with van der Waals surface area (Å²) < 4.78 is 32.3. The third kappa shape index (κ3) is 3.42. The van der Waals surface area contributed by atoms with Gasteiger partial charge in [0.1, 0.15) is 0 Å². The van der Waals surface area contributed by atoms with E-state index in [4.69, 9.17) is 16.3 Å². The number of ether oxygens (including phenoxy) is 1. The van der Waals surface area contributed by atoms with Crippen molar-refractivity contribution in [3.8, 4) is 0 Å². The molecule has 1 aliphatic rings. The van der Waals surface area contributed by atoms with Gasteiger partial charge >= 0.3 is 0 Å². The Hall–Kier alpha value is -0.210. The van der Waals surface area contributed by atoms with Crippen LogP contribution in [0.15, 0.2) is 4.21 Å². The van der Waals surface area contributed by atoms with Gasteiger partial charge in [0.2, 0.25) is 0 Å². The van der Waals surface area contributed by atoms with Gasteiger partial charge < -0.3 is 4.74 Å². The maximum absolute atomic E-state index is 12.0. The lowest BCUT2D eigenvalue weighted by molar-refractivity contribution is 0.184. The summed E-state index contributed by atoms with van der Waals surface area (Å²) in [6.07, 6.45) is 1.80. The number of halogens is 1. The quantitative estimate of drug-likeness (QED) is 0.900. The first-order chi connectivity index (χ1) is 8.49. The highest BCUT2D eigenvalue weighted by atomic mass is 35.5. The van der Waals surface area contributed by atoms with Crippen LogP contribution in [0.1, 0.15) is 18.5 Å². The van der Waals surface area contributed by atoms with E-state index in [1.807, 2.05) is 0 Å². The molecule has 0 radical (unpaired) electrons. The number of hydrogen-bond acceptors (Lipinski definition) is 5. The van der Waals surface area contributed by atoms with Crippen LogP contribution in [0.4, 0.5) is 0 Å². The molecule has 1 aromatic heterocycles. The molecular weight excluding hydrogens is 296 g/mol. The Balaban J connectivity index is 1.93. The summed E-state index contributed by atoms with van der Waals surface area (Å²) in [4.78, 5) is 3.91. The molecule has 0 amide bonds. The van der Waals surface area contributed by atoms with Gasteiger partial charge in [0.25, 0.3) is 10.0 Å². The monoisotopic (exact) mass is 310 g/mol. The van der Waals surface area contributed by atoms with E-state index in [1.54, 1.807) is 6.92 Å². The van der Waals surface area contributed by atoms with E-state index in [9.17, 15) is 8.42 Å². The highest BCUT2D eigenvalue weighted by Gasteiger charge is 2.22. The number of aromatic nitrogens is 1. The number of nitrogens with one attached hydrogen (secondary N) is 1. The predicted molar refractivity (Wildman–Crippen MR) is 70.6 cm³/mol. The molecule has 18 heavy (non-hydrogen) atoms. The molecule has 1 atom stereocenters. The van der Waals surface area contributed by atoms with Gasteiger partial charge in [0.15, 0.2) is 8.68 Å². The number of hydrogen-bond donors (Lipinski definition) is 1. The Morgan fingerprint density at radius 1 is 1.61 bits per heavy atom. The van der Waals surface area contributed by atoms with Crippen LogP contribution in [-0.2, 0) is 14.8 Å². The number of rotatable bonds is 5. The second kappa shape index (κ2) is 5.83. The lowest BCUT2D eigenvalue weighted by Gasteiger charge is -2.08. The van der Waals surface area contributed by atoms with Crippen LogP contribution >= 0.6 is 22.9 Å². The fourth-order valence-corrected chi connectivity index (χ4v) is 4.70. The van der Waals surface area contributed by atoms with E-state index >= 15 is 0 Å². The van der Waals surface area contributed by atoms with Crippen LogP contribution in [0.25, 0.3) is 0 Å². The third-order valence-electron chi connectivity index (χ3n) is 2.84. The summed E-state index contributed by atoms with van der Waals surface area (Å²) in [5.41, 5.74) is 0.446. The smallest absolute Gasteiger partial charge is 0.251 e. The maximum atomic E-state index is 12.0. The van der Waals surface area contributed by atoms with Gasteiger partial charge in [-0.15, -0.1) is 0 Å². The summed E-state index contributed by atoms with van der Waals surface area (Å²) in [6.45, 7) is 3.57. The molecule has 1 unspecified atom stereocenters. The van der Waals surface area contributed by atoms with Crippen LogP contribution in [0.5, 0.6) is 0 Å². The molecule has 0 bridgehead atoms. The average molecular weight is 311 g/mol. The highest BCUT2D eigenvalue weighted by molar-refractivity contribution is 7.91. The van der Waals surface area contributed by atoms with Crippen LogP contribution < -0.4 is 4.72 Å². The third-order valence-corrected chi connectivity index (χ3v) is 6.17. The van der Waals surface area contributed by atoms with Crippen molar-refractivity contribution >= 4 is 33.0 Å². The zero-order chi connectivity index (χ0) is 13.2. The molecule has 0 aromatic carbocycles. The van der Waals surface area contributed by atoms with E-state index in [1.165, 1.54) is 0 Å². The molecule has 1 aromatic rings. The molecule has 1 saturated heterocycles. The van der Waals surface area contributed by atoms with Gasteiger partial charge in [-0.05, 0) is 25.7 Å². The predicted octanol–water partition coefficient (Wildman–Crippen LogP) is 1.81. The molecule has 0 spiro atoms. The Labute approximate surface area is 116 Å². The lowest BCUT2D eigenvalue weighted by atomic mass is 10.1. The van der Waals surface area contributed by atoms with Crippen LogP contribution in [0.2, 0.25) is 4.47 Å². The fourth-order valence-electron chi connectivity index (χ4n) is 1.87. The molecule has 1 aliphatic heterocycles. The Morgan fingerprint density at radius 3 is 2.94 bits per heavy atom. The van der Waals surface area contributed by atoms with Gasteiger partial charge in [-0.2, -0.15) is 0 Å². The normalized spacial score (nSPS) is 20.4. The minimum Gasteiger partial charge on any atom is -0.381 e. The molecule has 1 fully saturated rings. The van der Waals surface area contributed by atoms with Crippen molar-refractivity contribution in [2.24, 2.45) is 5.92 Å². The van der Waals surface area contributed by atoms with Gasteiger partial charge in [-0.3, -0.25) is 0 Å². The summed E-state index contributed by atoms with van der Waals surface area (Å²) in [5, 5.41) is 0. The van der Waals surface area contributed by atoms with E-state index < -0.39 is 10.0 Å². The second-order valence-corrected chi connectivity index (χ2v) is 7.80. The van der Waals surface area contributed by atoms with Gasteiger partial charge in [-0.1, -0.05) is 22.9 Å². The zero-order valence-corrected chi connectivity index (χ0v) is 12.4. The van der Waals surface area contributed by atoms with Crippen molar-refractivity contribution in [1.29, 1.82) is 0 Å². The van der Waals surface area contributed by atoms with E-state index in [-0.39, 0.29) is 8.68 Å². The van der Waals surface area contributed by atoms with Gasteiger partial charge in [-0.25, -0.2) is 18.1 Å². The minimum atomic E-state index is -3.48. The first kappa shape index (κ1) is 14.2. The first-order valence-electron chi connectivity index (χ1n) is 5.69. The standard InChI is InChI=1S/C10H15ClN2O3S2/c1-7-9(17-10(11)13-7)18(14,15)12-4-2-8-3-5-16-6-8/h8,12H,2-6H2,1H3. The van der Waals surface area contributed by atoms with E-state index in [0.29, 0.717) is 18.2 Å². The molecule has 2 heterocycles. The summed E-state index contributed by atoms with van der Waals surface area (Å²) in [7, 11) is -3.48. The number of thiazole rings is 1. The van der Waals surface area contributed by atoms with Crippen molar-refractivity contribution in [2.75, 3.05) is 19.8 Å². The Kier molecular flexibility index (Phi) is 4.60. The fraction of sp³-hybridized carbons (Fsp3) is 0.700. The van der Waals surface area contributed by atoms with Crippen molar-refractivity contribution in [3.63, 3.8) is 0 Å². The van der Waals surface area contributed by atoms with Crippen molar-refractivity contribution in [3.05, 3.63) is 10.2 Å². The lowest BCUT2D eigenvalue weighted by Crippen LogP contribution is -2.26. The van der Waals surface area contributed by atoms with Crippen LogP contribution in [-0.4, -0.2) is 33.2 Å². The largest absolute Gasteiger partial charge is 0.381 e. The summed E-state index contributed by atoms with van der Waals surface area (Å²) in [6, 6.07) is 0. The first-order valence-corrected chi connectivity index (χ1v) is 8.37. The minimum absolute atomic E-state index is 0.204. The van der Waals surface area contributed by atoms with Crippen molar-refractivity contribution in [2.45, 2.75) is 24.0 Å². The van der Waals surface area contributed by atoms with Crippen molar-refractivity contribution < 1.29 is 13.2 Å². The van der Waals surface area contributed by atoms with Crippen LogP contribution in [0, 0.1) is 12.8 Å². The average Bonchev–Trinajstić information content (AvgIpc) is 2.88. The van der Waals surface area contributed by atoms with Crippen molar-refractivity contribution in [1.82, 2.24) is 9.71 Å². The van der Waals surface area contributed by atoms with Gasteiger partial charge in [0, 0.05) is 19.8 Å². The zero-order valence-electron chi connectivity index (χ0n) is 9.98. The summed E-state index contributed by atoms with van der Waals surface area (Å²) >= 11 is 6.69. The van der Waals surface area contributed by atoms with Crippen LogP contribution in [0.3, 0.4) is 0 Å². The molecule has 1 N–H and O–H groups in total. The molecule has 0 saturated carbocycles. The van der Waals surface area contributed by atoms with Gasteiger partial charge in [0.05, 0.1) is 5.69 Å². The molecular formula is C10H15ClN2O3S2. The summed E-state index contributed by atoms with van der Waals surface area (Å²) in [5.74, 6) is 0.457. The number of aryl methyl sites for hydroxylation is 1.